The highest BCUT2D eigenvalue weighted by Gasteiger charge is 2.21. The van der Waals surface area contributed by atoms with Gasteiger partial charge in [0.25, 0.3) is 5.91 Å². The fraction of sp³-hybridized carbons (Fsp3) is 0.387. The van der Waals surface area contributed by atoms with Crippen LogP contribution >= 0.6 is 11.3 Å². The quantitative estimate of drug-likeness (QED) is 0.176. The van der Waals surface area contributed by atoms with E-state index in [1.54, 1.807) is 18.2 Å². The van der Waals surface area contributed by atoms with Crippen molar-refractivity contribution in [2.45, 2.75) is 64.8 Å². The molecule has 3 rings (SSSR count). The predicted octanol–water partition coefficient (Wildman–Crippen LogP) is 6.53. The Hall–Kier alpha value is -3.85. The van der Waals surface area contributed by atoms with Gasteiger partial charge in [0, 0.05) is 17.1 Å². The number of urea groups is 1. The van der Waals surface area contributed by atoms with Gasteiger partial charge < -0.3 is 25.8 Å². The van der Waals surface area contributed by atoms with Crippen molar-refractivity contribution < 1.29 is 24.2 Å². The molecular formula is C31H39N3O5S. The third kappa shape index (κ3) is 9.72. The van der Waals surface area contributed by atoms with Crippen LogP contribution in [-0.2, 0) is 16.6 Å². The second-order valence-corrected chi connectivity index (χ2v) is 11.7. The van der Waals surface area contributed by atoms with Gasteiger partial charge in [-0.1, -0.05) is 58.4 Å². The van der Waals surface area contributed by atoms with Crippen LogP contribution in [0.2, 0.25) is 0 Å². The maximum Gasteiger partial charge on any atom is 0.319 e. The summed E-state index contributed by atoms with van der Waals surface area (Å²) in [6.07, 6.45) is 2.42. The van der Waals surface area contributed by atoms with Crippen molar-refractivity contribution >= 4 is 34.9 Å². The van der Waals surface area contributed by atoms with Crippen molar-refractivity contribution in [3.8, 4) is 5.75 Å². The molecule has 1 unspecified atom stereocenters. The molecule has 0 fully saturated rings. The van der Waals surface area contributed by atoms with Crippen molar-refractivity contribution in [3.63, 3.8) is 0 Å². The van der Waals surface area contributed by atoms with Gasteiger partial charge in [0.1, 0.15) is 5.75 Å². The monoisotopic (exact) mass is 565 g/mol. The van der Waals surface area contributed by atoms with Gasteiger partial charge in [0.05, 0.1) is 23.9 Å². The summed E-state index contributed by atoms with van der Waals surface area (Å²) in [5.41, 5.74) is 2.94. The van der Waals surface area contributed by atoms with E-state index in [0.29, 0.717) is 23.6 Å². The number of rotatable bonds is 13. The Kier molecular flexibility index (Phi) is 11.1. The summed E-state index contributed by atoms with van der Waals surface area (Å²) in [6.45, 7) is 9.30. The van der Waals surface area contributed by atoms with Gasteiger partial charge >= 0.3 is 12.0 Å². The second-order valence-electron chi connectivity index (χ2n) is 10.6. The van der Waals surface area contributed by atoms with Crippen molar-refractivity contribution in [2.75, 3.05) is 18.5 Å². The molecule has 1 heterocycles. The molecule has 1 atom stereocenters. The summed E-state index contributed by atoms with van der Waals surface area (Å²) in [5.74, 6) is -0.557. The maximum atomic E-state index is 13.0. The Morgan fingerprint density at radius 2 is 1.68 bits per heavy atom. The number of ether oxygens (including phenoxy) is 1. The van der Waals surface area contributed by atoms with Crippen LogP contribution in [-0.4, -0.2) is 36.2 Å². The summed E-state index contributed by atoms with van der Waals surface area (Å²) in [5, 5.41) is 17.4. The molecule has 2 aromatic carbocycles. The van der Waals surface area contributed by atoms with E-state index in [0.717, 1.165) is 29.0 Å². The first-order chi connectivity index (χ1) is 19.0. The predicted molar refractivity (Wildman–Crippen MR) is 159 cm³/mol. The number of carboxylic acids is 1. The van der Waals surface area contributed by atoms with E-state index in [9.17, 15) is 14.4 Å². The van der Waals surface area contributed by atoms with Gasteiger partial charge in [-0.2, -0.15) is 0 Å². The molecule has 214 valence electrons. The van der Waals surface area contributed by atoms with Gasteiger partial charge in [-0.05, 0) is 65.8 Å². The average molecular weight is 566 g/mol. The molecule has 0 radical (unpaired) electrons. The zero-order chi connectivity index (χ0) is 29.1. The van der Waals surface area contributed by atoms with Gasteiger partial charge in [-0.3, -0.25) is 9.59 Å². The van der Waals surface area contributed by atoms with E-state index in [2.05, 4.69) is 67.9 Å². The Labute approximate surface area is 240 Å². The average Bonchev–Trinajstić information content (AvgIpc) is 3.40. The molecule has 0 aliphatic carbocycles. The lowest BCUT2D eigenvalue weighted by atomic mass is 9.86. The van der Waals surface area contributed by atoms with Gasteiger partial charge in [0.15, 0.2) is 0 Å². The van der Waals surface area contributed by atoms with E-state index in [1.807, 2.05) is 18.2 Å². The molecule has 0 saturated heterocycles. The van der Waals surface area contributed by atoms with E-state index >= 15 is 0 Å². The highest BCUT2D eigenvalue weighted by molar-refractivity contribution is 7.14. The highest BCUT2D eigenvalue weighted by Crippen LogP contribution is 2.28. The number of hydrogen-bond acceptors (Lipinski definition) is 5. The molecule has 8 nitrogen and oxygen atoms in total. The van der Waals surface area contributed by atoms with Crippen molar-refractivity contribution in [1.29, 1.82) is 0 Å². The number of carbonyl (C=O) groups excluding carboxylic acids is 2. The first-order valence-corrected chi connectivity index (χ1v) is 14.4. The number of carboxylic acid groups (broad SMARTS) is 1. The summed E-state index contributed by atoms with van der Waals surface area (Å²) < 4.78 is 5.69. The third-order valence-electron chi connectivity index (χ3n) is 6.26. The Morgan fingerprint density at radius 1 is 0.975 bits per heavy atom. The van der Waals surface area contributed by atoms with Crippen molar-refractivity contribution in [3.05, 3.63) is 81.5 Å². The fourth-order valence-corrected chi connectivity index (χ4v) is 4.90. The first-order valence-electron chi connectivity index (χ1n) is 13.5. The minimum absolute atomic E-state index is 0.0311. The topological polar surface area (TPSA) is 117 Å². The van der Waals surface area contributed by atoms with E-state index in [4.69, 9.17) is 9.84 Å². The number of carbonyl (C=O) groups is 3. The van der Waals surface area contributed by atoms with Crippen LogP contribution in [0.5, 0.6) is 5.75 Å². The molecule has 9 heteroatoms. The van der Waals surface area contributed by atoms with Crippen LogP contribution in [0.15, 0.2) is 60.7 Å². The zero-order valence-corrected chi connectivity index (χ0v) is 24.4. The molecule has 4 N–H and O–H groups in total. The third-order valence-corrected chi connectivity index (χ3v) is 7.46. The molecule has 0 aliphatic heterocycles. The van der Waals surface area contributed by atoms with Crippen LogP contribution in [0.4, 0.5) is 10.5 Å². The number of unbranched alkanes of at least 4 members (excludes halogenated alkanes) is 1. The van der Waals surface area contributed by atoms with Gasteiger partial charge in [0.2, 0.25) is 0 Å². The van der Waals surface area contributed by atoms with E-state index < -0.39 is 5.97 Å². The lowest BCUT2D eigenvalue weighted by molar-refractivity contribution is -0.136. The van der Waals surface area contributed by atoms with Crippen LogP contribution in [0.1, 0.15) is 78.7 Å². The number of aliphatic carboxylic acids is 1. The Bertz CT molecular complexity index is 1260. The molecule has 0 bridgehead atoms. The highest BCUT2D eigenvalue weighted by atomic mass is 32.1. The standard InChI is InChI=1S/C31H39N3O5S/c1-5-6-19-39-24-13-11-23(12-14-24)33-30(38)34-25(20-21-7-9-22(10-8-21)31(2,3)4)26-15-16-27(40-26)29(37)32-18-17-28(35)36/h7-16,25H,5-6,17-20H2,1-4H3,(H,32,37)(H,35,36)(H2,33,34,38). The van der Waals surface area contributed by atoms with Crippen LogP contribution in [0.3, 0.4) is 0 Å². The van der Waals surface area contributed by atoms with Gasteiger partial charge in [-0.15, -0.1) is 11.3 Å². The molecular weight excluding hydrogens is 526 g/mol. The summed E-state index contributed by atoms with van der Waals surface area (Å²) >= 11 is 1.28. The molecule has 1 aromatic heterocycles. The fourth-order valence-electron chi connectivity index (χ4n) is 3.93. The second kappa shape index (κ2) is 14.5. The molecule has 0 aliphatic rings. The lowest BCUT2D eigenvalue weighted by Crippen LogP contribution is -2.33. The molecule has 0 spiro atoms. The van der Waals surface area contributed by atoms with E-state index in [-0.39, 0.29) is 36.4 Å². The number of thiophene rings is 1. The summed E-state index contributed by atoms with van der Waals surface area (Å²) in [6, 6.07) is 18.4. The van der Waals surface area contributed by atoms with Crippen LogP contribution in [0.25, 0.3) is 0 Å². The lowest BCUT2D eigenvalue weighted by Gasteiger charge is -2.21. The molecule has 40 heavy (non-hydrogen) atoms. The maximum absolute atomic E-state index is 13.0. The van der Waals surface area contributed by atoms with Crippen LogP contribution in [0, 0.1) is 0 Å². The number of amides is 3. The number of anilines is 1. The Balaban J connectivity index is 1.73. The molecule has 0 saturated carbocycles. The smallest absolute Gasteiger partial charge is 0.319 e. The first kappa shape index (κ1) is 30.7. The van der Waals surface area contributed by atoms with Crippen molar-refractivity contribution in [1.82, 2.24) is 10.6 Å². The summed E-state index contributed by atoms with van der Waals surface area (Å²) in [4.78, 5) is 37.6. The van der Waals surface area contributed by atoms with E-state index in [1.165, 1.54) is 16.9 Å². The summed E-state index contributed by atoms with van der Waals surface area (Å²) in [7, 11) is 0. The number of benzene rings is 2. The van der Waals surface area contributed by atoms with Crippen LogP contribution < -0.4 is 20.7 Å². The SMILES string of the molecule is CCCCOc1ccc(NC(=O)NC(Cc2ccc(C(C)(C)C)cc2)c2ccc(C(=O)NCCC(=O)O)s2)cc1. The largest absolute Gasteiger partial charge is 0.494 e. The number of nitrogens with one attached hydrogen (secondary N) is 3. The Morgan fingerprint density at radius 3 is 2.30 bits per heavy atom. The minimum Gasteiger partial charge on any atom is -0.494 e. The normalized spacial score (nSPS) is 11.9. The van der Waals surface area contributed by atoms with Crippen molar-refractivity contribution in [2.24, 2.45) is 0 Å². The molecule has 3 amide bonds. The zero-order valence-electron chi connectivity index (χ0n) is 23.6. The van der Waals surface area contributed by atoms with Gasteiger partial charge in [-0.25, -0.2) is 4.79 Å². The minimum atomic E-state index is -0.974. The molecule has 3 aromatic rings. The number of hydrogen-bond donors (Lipinski definition) is 4.